The summed E-state index contributed by atoms with van der Waals surface area (Å²) >= 11 is 0. The molecule has 0 aliphatic heterocycles. The van der Waals surface area contributed by atoms with Crippen LogP contribution in [-0.4, -0.2) is 63.6 Å². The quantitative estimate of drug-likeness (QED) is 0.115. The molecule has 65 heavy (non-hydrogen) atoms. The fraction of sp³-hybridized carbons (Fsp3) is 0.0500. The van der Waals surface area contributed by atoms with Crippen LogP contribution < -0.4 is 0 Å². The van der Waals surface area contributed by atoms with Gasteiger partial charge in [0.05, 0.1) is 35.4 Å². The van der Waals surface area contributed by atoms with E-state index in [0.29, 0.717) is 34.4 Å². The van der Waals surface area contributed by atoms with Gasteiger partial charge in [-0.25, -0.2) is 28.7 Å². The van der Waals surface area contributed by atoms with Crippen molar-refractivity contribution in [3.8, 4) is 69.8 Å². The van der Waals surface area contributed by atoms with Gasteiger partial charge < -0.3 is 34.5 Å². The number of aromatic nitrogens is 10. The van der Waals surface area contributed by atoms with Crippen molar-refractivity contribution >= 4 is 14.5 Å². The smallest absolute Gasteiger partial charge is 0.418 e. The number of hydrogen-bond acceptors (Lipinski definition) is 10. The van der Waals surface area contributed by atoms with Gasteiger partial charge in [-0.2, -0.15) is 41.4 Å². The molecule has 25 heteroatoms. The molecule has 0 saturated heterocycles. The van der Waals surface area contributed by atoms with Crippen LogP contribution in [-0.2, 0) is 17.1 Å². The van der Waals surface area contributed by atoms with Crippen LogP contribution in [0, 0.1) is 45.3 Å². The SMILES string of the molecule is CC#N.CC#N.F[B-](F)(F)F.F[B-](F)(F)F.N#Cc1ccc(-c2cc(-n3cccn3)nc(-n3cccn3)c2)cc1.N#Cc1ccc(-c2cc(-n3cccn3)nc(-n3cccn3)c2)cc1.[Fe+2]. The maximum Gasteiger partial charge on any atom is 2.00 e. The molecule has 330 valence electrons. The van der Waals surface area contributed by atoms with Crippen molar-refractivity contribution < 1.29 is 51.6 Å². The van der Waals surface area contributed by atoms with Gasteiger partial charge in [0.25, 0.3) is 0 Å². The van der Waals surface area contributed by atoms with Gasteiger partial charge in [-0.05, 0) is 95.1 Å². The molecule has 0 aliphatic rings. The fourth-order valence-corrected chi connectivity index (χ4v) is 4.90. The summed E-state index contributed by atoms with van der Waals surface area (Å²) in [4.78, 5) is 9.25. The summed E-state index contributed by atoms with van der Waals surface area (Å²) in [5, 5.41) is 49.6. The van der Waals surface area contributed by atoms with Crippen molar-refractivity contribution in [1.29, 1.82) is 21.0 Å². The van der Waals surface area contributed by atoms with E-state index in [1.54, 1.807) is 79.9 Å². The van der Waals surface area contributed by atoms with E-state index in [-0.39, 0.29) is 17.1 Å². The van der Waals surface area contributed by atoms with E-state index in [9.17, 15) is 34.5 Å². The van der Waals surface area contributed by atoms with Crippen molar-refractivity contribution in [1.82, 2.24) is 49.1 Å². The molecule has 0 atom stereocenters. The van der Waals surface area contributed by atoms with Crippen molar-refractivity contribution in [2.45, 2.75) is 13.8 Å². The van der Waals surface area contributed by atoms with Crippen LogP contribution in [0.2, 0.25) is 0 Å². The van der Waals surface area contributed by atoms with Gasteiger partial charge in [-0.15, -0.1) is 0 Å². The Balaban J connectivity index is 0.000000333. The first-order valence-corrected chi connectivity index (χ1v) is 17.9. The molecule has 0 aliphatic carbocycles. The second kappa shape index (κ2) is 26.2. The summed E-state index contributed by atoms with van der Waals surface area (Å²) in [7, 11) is -12.0. The zero-order chi connectivity index (χ0) is 47.1. The second-order valence-electron chi connectivity index (χ2n) is 11.8. The number of benzene rings is 2. The van der Waals surface area contributed by atoms with Gasteiger partial charge in [-0.3, -0.25) is 0 Å². The van der Waals surface area contributed by atoms with Crippen LogP contribution in [0.15, 0.2) is 147 Å². The summed E-state index contributed by atoms with van der Waals surface area (Å²) in [6.45, 7) is 2.86. The molecule has 0 fully saturated rings. The van der Waals surface area contributed by atoms with Crippen LogP contribution in [0.5, 0.6) is 0 Å². The number of halogens is 8. The Morgan fingerprint density at radius 1 is 0.415 bits per heavy atom. The monoisotopic (exact) mass is 936 g/mol. The number of rotatable bonds is 6. The minimum Gasteiger partial charge on any atom is -0.418 e. The zero-order valence-corrected chi connectivity index (χ0v) is 34.8. The van der Waals surface area contributed by atoms with E-state index >= 15 is 0 Å². The molecular formula is C40H30B2F8FeN14. The maximum atomic E-state index is 9.75. The summed E-state index contributed by atoms with van der Waals surface area (Å²) in [5.41, 5.74) is 5.22. The third kappa shape index (κ3) is 19.1. The summed E-state index contributed by atoms with van der Waals surface area (Å²) < 4.78 is 84.8. The summed E-state index contributed by atoms with van der Waals surface area (Å²) in [5.74, 6) is 2.81. The molecule has 14 nitrogen and oxygen atoms in total. The Morgan fingerprint density at radius 2 is 0.631 bits per heavy atom. The number of nitrogens with zero attached hydrogens (tertiary/aromatic N) is 14. The average Bonchev–Trinajstić information content (AvgIpc) is 4.12. The predicted octanol–water partition coefficient (Wildman–Crippen LogP) is 9.64. The van der Waals surface area contributed by atoms with Crippen LogP contribution in [0.4, 0.5) is 34.5 Å². The molecule has 0 unspecified atom stereocenters. The molecule has 0 N–H and O–H groups in total. The predicted molar refractivity (Wildman–Crippen MR) is 220 cm³/mol. The van der Waals surface area contributed by atoms with Crippen molar-refractivity contribution in [3.05, 3.63) is 158 Å². The minimum absolute atomic E-state index is 0. The fourth-order valence-electron chi connectivity index (χ4n) is 4.90. The Bertz CT molecular complexity index is 2470. The van der Waals surface area contributed by atoms with Gasteiger partial charge in [0.15, 0.2) is 23.3 Å². The number of nitriles is 4. The average molecular weight is 936 g/mol. The topological polar surface area (TPSA) is 192 Å². The van der Waals surface area contributed by atoms with E-state index in [1.165, 1.54) is 13.8 Å². The van der Waals surface area contributed by atoms with Crippen LogP contribution in [0.3, 0.4) is 0 Å². The van der Waals surface area contributed by atoms with Gasteiger partial charge in [0, 0.05) is 63.4 Å². The van der Waals surface area contributed by atoms with Gasteiger partial charge >= 0.3 is 31.6 Å². The van der Waals surface area contributed by atoms with Gasteiger partial charge in [-0.1, -0.05) is 24.3 Å². The summed E-state index contributed by atoms with van der Waals surface area (Å²) in [6.07, 6.45) is 14.2. The first kappa shape index (κ1) is 52.8. The second-order valence-corrected chi connectivity index (χ2v) is 11.8. The summed E-state index contributed by atoms with van der Waals surface area (Å²) in [6, 6.07) is 37.9. The molecule has 8 rings (SSSR count). The Morgan fingerprint density at radius 3 is 0.800 bits per heavy atom. The first-order chi connectivity index (χ1) is 30.5. The maximum absolute atomic E-state index is 9.75. The molecule has 0 radical (unpaired) electrons. The van der Waals surface area contributed by atoms with Crippen LogP contribution in [0.25, 0.3) is 45.5 Å². The third-order valence-electron chi connectivity index (χ3n) is 7.25. The standard InChI is InChI=1S/2C18H12N6.2C2H3N.2BF4.Fe/c2*19-13-14-3-5-15(6-4-14)16-11-17(23-9-1-7-20-23)22-18(12-16)24-10-2-8-21-24;2*1-2-3;2*2-1(3,4)5;/h2*1-12H;2*1H3;;;/q;;;;2*-1;+2. The third-order valence-corrected chi connectivity index (χ3v) is 7.25. The molecule has 0 amide bonds. The van der Waals surface area contributed by atoms with Gasteiger partial charge in [0.1, 0.15) is 0 Å². The van der Waals surface area contributed by atoms with Crippen molar-refractivity contribution in [2.75, 3.05) is 0 Å². The molecule has 0 bridgehead atoms. The van der Waals surface area contributed by atoms with Crippen molar-refractivity contribution in [3.63, 3.8) is 0 Å². The van der Waals surface area contributed by atoms with Gasteiger partial charge in [0.2, 0.25) is 0 Å². The molecule has 8 aromatic rings. The van der Waals surface area contributed by atoms with E-state index < -0.39 is 14.5 Å². The van der Waals surface area contributed by atoms with Crippen LogP contribution >= 0.6 is 0 Å². The molecule has 6 heterocycles. The van der Waals surface area contributed by atoms with E-state index in [0.717, 1.165) is 22.3 Å². The van der Waals surface area contributed by atoms with E-state index in [4.69, 9.17) is 21.0 Å². The Kier molecular flexibility index (Phi) is 21.3. The van der Waals surface area contributed by atoms with Crippen LogP contribution in [0.1, 0.15) is 25.0 Å². The largest absolute Gasteiger partial charge is 2.00 e. The number of pyridine rings is 2. The Hall–Kier alpha value is -8.37. The molecule has 0 spiro atoms. The normalized spacial score (nSPS) is 9.82. The minimum atomic E-state index is -6.00. The van der Waals surface area contributed by atoms with E-state index in [1.807, 2.05) is 97.6 Å². The molecule has 2 aromatic carbocycles. The zero-order valence-electron chi connectivity index (χ0n) is 33.6. The van der Waals surface area contributed by atoms with E-state index in [2.05, 4.69) is 42.5 Å². The first-order valence-electron chi connectivity index (χ1n) is 17.9. The Labute approximate surface area is 376 Å². The molecule has 0 saturated carbocycles. The molecule has 6 aromatic heterocycles. The molecular weight excluding hydrogens is 906 g/mol. The van der Waals surface area contributed by atoms with Crippen molar-refractivity contribution in [2.24, 2.45) is 0 Å². The number of hydrogen-bond donors (Lipinski definition) is 0.